The highest BCUT2D eigenvalue weighted by atomic mass is 16.1. The molecule has 110 valence electrons. The van der Waals surface area contributed by atoms with Crippen LogP contribution >= 0.6 is 0 Å². The number of aromatic nitrogens is 1. The van der Waals surface area contributed by atoms with Crippen LogP contribution in [0.25, 0.3) is 0 Å². The fourth-order valence-corrected chi connectivity index (χ4v) is 2.71. The van der Waals surface area contributed by atoms with E-state index >= 15 is 0 Å². The number of nitrogens with zero attached hydrogens (tertiary/aromatic N) is 2. The number of anilines is 1. The number of pyridine rings is 1. The average Bonchev–Trinajstić information content (AvgIpc) is 2.38. The minimum absolute atomic E-state index is 0.0771. The van der Waals surface area contributed by atoms with Crippen molar-refractivity contribution in [1.29, 1.82) is 0 Å². The highest BCUT2D eigenvalue weighted by Crippen LogP contribution is 2.10. The van der Waals surface area contributed by atoms with E-state index in [1.807, 2.05) is 13.8 Å². The lowest BCUT2D eigenvalue weighted by atomic mass is 10.1. The monoisotopic (exact) mass is 276 g/mol. The van der Waals surface area contributed by atoms with Gasteiger partial charge in [-0.05, 0) is 51.9 Å². The molecule has 1 fully saturated rings. The van der Waals surface area contributed by atoms with Gasteiger partial charge in [0.05, 0.1) is 0 Å². The van der Waals surface area contributed by atoms with Gasteiger partial charge in [0.2, 0.25) is 0 Å². The molecule has 0 aliphatic carbocycles. The molecule has 1 saturated heterocycles. The molecule has 1 aromatic rings. The largest absolute Gasteiger partial charge is 0.384 e. The standard InChI is InChI=1S/C15H24N4O/c1-11-8-13(9-14(16)17-11)15(20)18-12(2)10-19-6-4-3-5-7-19/h8-9,12H,3-7,10H2,1-2H3,(H2,16,17)(H,18,20). The Hall–Kier alpha value is -1.62. The van der Waals surface area contributed by atoms with Gasteiger partial charge in [-0.3, -0.25) is 4.79 Å². The maximum absolute atomic E-state index is 12.2. The number of nitrogens with one attached hydrogen (secondary N) is 1. The highest BCUT2D eigenvalue weighted by Gasteiger charge is 2.16. The second-order valence-corrected chi connectivity index (χ2v) is 5.66. The van der Waals surface area contributed by atoms with E-state index in [9.17, 15) is 4.79 Å². The summed E-state index contributed by atoms with van der Waals surface area (Å²) in [6.07, 6.45) is 3.86. The van der Waals surface area contributed by atoms with Crippen LogP contribution in [0.1, 0.15) is 42.2 Å². The zero-order valence-electron chi connectivity index (χ0n) is 12.4. The van der Waals surface area contributed by atoms with Gasteiger partial charge in [-0.1, -0.05) is 6.42 Å². The first-order valence-corrected chi connectivity index (χ1v) is 7.32. The van der Waals surface area contributed by atoms with Crippen molar-refractivity contribution in [3.63, 3.8) is 0 Å². The predicted molar refractivity (Wildman–Crippen MR) is 80.6 cm³/mol. The summed E-state index contributed by atoms with van der Waals surface area (Å²) in [7, 11) is 0. The predicted octanol–water partition coefficient (Wildman–Crippen LogP) is 1.58. The van der Waals surface area contributed by atoms with Crippen molar-refractivity contribution in [2.45, 2.75) is 39.2 Å². The molecule has 5 nitrogen and oxygen atoms in total. The summed E-state index contributed by atoms with van der Waals surface area (Å²) in [5.74, 6) is 0.311. The molecule has 0 bridgehead atoms. The second kappa shape index (κ2) is 6.70. The molecule has 2 heterocycles. The number of rotatable bonds is 4. The van der Waals surface area contributed by atoms with E-state index in [-0.39, 0.29) is 11.9 Å². The molecule has 1 unspecified atom stereocenters. The smallest absolute Gasteiger partial charge is 0.251 e. The summed E-state index contributed by atoms with van der Waals surface area (Å²) in [4.78, 5) is 18.7. The van der Waals surface area contributed by atoms with Crippen LogP contribution in [0.2, 0.25) is 0 Å². The van der Waals surface area contributed by atoms with Crippen molar-refractivity contribution in [3.8, 4) is 0 Å². The third kappa shape index (κ3) is 4.20. The Morgan fingerprint density at radius 1 is 1.40 bits per heavy atom. The number of hydrogen-bond donors (Lipinski definition) is 2. The molecular weight excluding hydrogens is 252 g/mol. The molecule has 1 aliphatic heterocycles. The lowest BCUT2D eigenvalue weighted by Gasteiger charge is -2.29. The number of aryl methyl sites for hydroxylation is 1. The Morgan fingerprint density at radius 2 is 2.10 bits per heavy atom. The number of likely N-dealkylation sites (tertiary alicyclic amines) is 1. The number of piperidine rings is 1. The SMILES string of the molecule is Cc1cc(C(=O)NC(C)CN2CCCCC2)cc(N)n1. The van der Waals surface area contributed by atoms with Gasteiger partial charge in [0.15, 0.2) is 0 Å². The summed E-state index contributed by atoms with van der Waals surface area (Å²) < 4.78 is 0. The summed E-state index contributed by atoms with van der Waals surface area (Å²) in [6.45, 7) is 7.07. The van der Waals surface area contributed by atoms with Gasteiger partial charge < -0.3 is 16.0 Å². The molecule has 0 saturated carbocycles. The zero-order valence-corrected chi connectivity index (χ0v) is 12.4. The molecule has 1 aliphatic rings. The lowest BCUT2D eigenvalue weighted by molar-refractivity contribution is 0.0925. The van der Waals surface area contributed by atoms with Crippen LogP contribution in [0, 0.1) is 6.92 Å². The first-order chi connectivity index (χ1) is 9.54. The maximum Gasteiger partial charge on any atom is 0.251 e. The number of nitrogen functional groups attached to an aromatic ring is 1. The quantitative estimate of drug-likeness (QED) is 0.876. The van der Waals surface area contributed by atoms with Crippen LogP contribution in [0.3, 0.4) is 0 Å². The van der Waals surface area contributed by atoms with Crippen LogP contribution in [-0.2, 0) is 0 Å². The maximum atomic E-state index is 12.2. The molecule has 1 atom stereocenters. The van der Waals surface area contributed by atoms with Crippen molar-refractivity contribution in [2.24, 2.45) is 0 Å². The van der Waals surface area contributed by atoms with Crippen molar-refractivity contribution >= 4 is 11.7 Å². The Labute approximate surface area is 120 Å². The number of nitrogens with two attached hydrogens (primary N) is 1. The molecule has 2 rings (SSSR count). The van der Waals surface area contributed by atoms with E-state index in [0.717, 1.165) is 25.3 Å². The fourth-order valence-electron chi connectivity index (χ4n) is 2.71. The van der Waals surface area contributed by atoms with E-state index in [2.05, 4.69) is 15.2 Å². The first-order valence-electron chi connectivity index (χ1n) is 7.32. The normalized spacial score (nSPS) is 17.7. The van der Waals surface area contributed by atoms with E-state index in [0.29, 0.717) is 11.4 Å². The van der Waals surface area contributed by atoms with E-state index in [1.165, 1.54) is 19.3 Å². The van der Waals surface area contributed by atoms with Crippen LogP contribution in [0.4, 0.5) is 5.82 Å². The minimum Gasteiger partial charge on any atom is -0.384 e. The molecule has 3 N–H and O–H groups in total. The van der Waals surface area contributed by atoms with Crippen molar-refractivity contribution in [2.75, 3.05) is 25.4 Å². The molecule has 1 aromatic heterocycles. The fraction of sp³-hybridized carbons (Fsp3) is 0.600. The third-order valence-corrected chi connectivity index (χ3v) is 3.59. The van der Waals surface area contributed by atoms with Gasteiger partial charge >= 0.3 is 0 Å². The van der Waals surface area contributed by atoms with Gasteiger partial charge in [-0.15, -0.1) is 0 Å². The number of amides is 1. The summed E-state index contributed by atoms with van der Waals surface area (Å²) >= 11 is 0. The van der Waals surface area contributed by atoms with Gasteiger partial charge in [-0.25, -0.2) is 4.98 Å². The molecule has 0 radical (unpaired) electrons. The molecule has 20 heavy (non-hydrogen) atoms. The molecule has 0 aromatic carbocycles. The van der Waals surface area contributed by atoms with Crippen LogP contribution < -0.4 is 11.1 Å². The van der Waals surface area contributed by atoms with Gasteiger partial charge in [0, 0.05) is 23.8 Å². The van der Waals surface area contributed by atoms with Gasteiger partial charge in [0.25, 0.3) is 5.91 Å². The van der Waals surface area contributed by atoms with E-state index in [4.69, 9.17) is 5.73 Å². The van der Waals surface area contributed by atoms with Gasteiger partial charge in [0.1, 0.15) is 5.82 Å². The van der Waals surface area contributed by atoms with E-state index in [1.54, 1.807) is 12.1 Å². The molecule has 5 heteroatoms. The second-order valence-electron chi connectivity index (χ2n) is 5.66. The number of carbonyl (C=O) groups excluding carboxylic acids is 1. The topological polar surface area (TPSA) is 71.2 Å². The van der Waals surface area contributed by atoms with Crippen molar-refractivity contribution in [3.05, 3.63) is 23.4 Å². The number of carbonyl (C=O) groups is 1. The molecular formula is C15H24N4O. The zero-order chi connectivity index (χ0) is 14.5. The van der Waals surface area contributed by atoms with Crippen LogP contribution in [0.5, 0.6) is 0 Å². The number of hydrogen-bond acceptors (Lipinski definition) is 4. The van der Waals surface area contributed by atoms with Gasteiger partial charge in [-0.2, -0.15) is 0 Å². The minimum atomic E-state index is -0.0771. The Bertz CT molecular complexity index is 449. The third-order valence-electron chi connectivity index (χ3n) is 3.59. The first kappa shape index (κ1) is 14.8. The Balaban J connectivity index is 1.89. The highest BCUT2D eigenvalue weighted by molar-refractivity contribution is 5.95. The van der Waals surface area contributed by atoms with Crippen molar-refractivity contribution < 1.29 is 4.79 Å². The van der Waals surface area contributed by atoms with Crippen LogP contribution in [0.15, 0.2) is 12.1 Å². The lowest BCUT2D eigenvalue weighted by Crippen LogP contribution is -2.43. The molecule has 0 spiro atoms. The Morgan fingerprint density at radius 3 is 2.75 bits per heavy atom. The van der Waals surface area contributed by atoms with E-state index < -0.39 is 0 Å². The summed E-state index contributed by atoms with van der Waals surface area (Å²) in [5.41, 5.74) is 7.02. The summed E-state index contributed by atoms with van der Waals surface area (Å²) in [5, 5.41) is 3.03. The molecule has 1 amide bonds. The van der Waals surface area contributed by atoms with Crippen LogP contribution in [-0.4, -0.2) is 41.5 Å². The average molecular weight is 276 g/mol. The summed E-state index contributed by atoms with van der Waals surface area (Å²) in [6, 6.07) is 3.52. The Kier molecular flexibility index (Phi) is 4.95. The van der Waals surface area contributed by atoms with Crippen molar-refractivity contribution in [1.82, 2.24) is 15.2 Å².